The molecular formula is C48H85O8P. The second-order valence-corrected chi connectivity index (χ2v) is 16.6. The highest BCUT2D eigenvalue weighted by atomic mass is 31.2. The second kappa shape index (κ2) is 43.3. The van der Waals surface area contributed by atoms with E-state index in [1.165, 1.54) is 135 Å². The van der Waals surface area contributed by atoms with Crippen molar-refractivity contribution >= 4 is 19.8 Å². The van der Waals surface area contributed by atoms with Gasteiger partial charge in [-0.25, -0.2) is 4.57 Å². The molecular weight excluding hydrogens is 735 g/mol. The van der Waals surface area contributed by atoms with Crippen LogP contribution in [0.1, 0.15) is 213 Å². The maximum Gasteiger partial charge on any atom is 0.469 e. The van der Waals surface area contributed by atoms with Gasteiger partial charge in [0.05, 0.1) is 13.0 Å². The van der Waals surface area contributed by atoms with Crippen LogP contribution in [0.4, 0.5) is 0 Å². The number of hydrogen-bond donors (Lipinski definition) is 2. The average Bonchev–Trinajstić information content (AvgIpc) is 3.18. The standard InChI is InChI=1S/C48H85O8P/c1-3-5-7-9-11-13-15-17-19-20-21-22-23-24-25-26-27-29-30-32-34-36-38-40-42-47(49)54-44-46(45-55-57(51,52)53)56-48(50)43-41-39-37-35-33-31-28-18-16-14-12-10-8-6-4-2/h6,8,12,14,18,28,33,35,39,41,46H,3-5,7,9-11,13,15-17,19-27,29-32,34,36-38,40,42-45H2,1-2H3,(H2,51,52,53)/b8-6-,14-12-,28-18-,35-33-,41-39-. The lowest BCUT2D eigenvalue weighted by molar-refractivity contribution is -0.160. The van der Waals surface area contributed by atoms with E-state index in [4.69, 9.17) is 19.3 Å². The zero-order chi connectivity index (χ0) is 41.8. The van der Waals surface area contributed by atoms with Crippen LogP contribution in [-0.2, 0) is 28.2 Å². The first-order valence-electron chi connectivity index (χ1n) is 23.1. The monoisotopic (exact) mass is 821 g/mol. The molecule has 0 bridgehead atoms. The molecule has 0 rings (SSSR count). The predicted molar refractivity (Wildman–Crippen MR) is 239 cm³/mol. The SMILES string of the molecule is CC/C=C\C/C=C\C/C=C\C/C=C\C/C=C\CC(=O)OC(COC(=O)CCCCCCCCCCCCCCCCCCCCCCCCCC)COP(=O)(O)O. The molecule has 0 saturated heterocycles. The van der Waals surface area contributed by atoms with E-state index in [2.05, 4.69) is 60.9 Å². The van der Waals surface area contributed by atoms with Crippen molar-refractivity contribution in [1.29, 1.82) is 0 Å². The van der Waals surface area contributed by atoms with Gasteiger partial charge in [0.2, 0.25) is 0 Å². The van der Waals surface area contributed by atoms with Gasteiger partial charge in [0.15, 0.2) is 6.10 Å². The van der Waals surface area contributed by atoms with Gasteiger partial charge in [-0.3, -0.25) is 14.1 Å². The summed E-state index contributed by atoms with van der Waals surface area (Å²) in [6, 6.07) is 0. The summed E-state index contributed by atoms with van der Waals surface area (Å²) in [6.07, 6.45) is 55.6. The molecule has 8 nitrogen and oxygen atoms in total. The minimum atomic E-state index is -4.78. The molecule has 0 aromatic rings. The summed E-state index contributed by atoms with van der Waals surface area (Å²) < 4.78 is 26.3. The quantitative estimate of drug-likeness (QED) is 0.0270. The summed E-state index contributed by atoms with van der Waals surface area (Å²) in [5.74, 6) is -1.03. The number of carbonyl (C=O) groups excluding carboxylic acids is 2. The normalized spacial score (nSPS) is 13.0. The zero-order valence-corrected chi connectivity index (χ0v) is 37.4. The van der Waals surface area contributed by atoms with Gasteiger partial charge in [-0.2, -0.15) is 0 Å². The fourth-order valence-electron chi connectivity index (χ4n) is 6.45. The third-order valence-electron chi connectivity index (χ3n) is 9.83. The van der Waals surface area contributed by atoms with Crippen molar-refractivity contribution in [1.82, 2.24) is 0 Å². The van der Waals surface area contributed by atoms with Crippen molar-refractivity contribution in [3.63, 3.8) is 0 Å². The summed E-state index contributed by atoms with van der Waals surface area (Å²) in [5, 5.41) is 0. The van der Waals surface area contributed by atoms with Crippen LogP contribution in [0.25, 0.3) is 0 Å². The molecule has 330 valence electrons. The van der Waals surface area contributed by atoms with Gasteiger partial charge >= 0.3 is 19.8 Å². The Labute approximate surface area is 349 Å². The van der Waals surface area contributed by atoms with Crippen molar-refractivity contribution < 1.29 is 37.9 Å². The van der Waals surface area contributed by atoms with Gasteiger partial charge in [-0.1, -0.05) is 222 Å². The van der Waals surface area contributed by atoms with Crippen molar-refractivity contribution in [2.75, 3.05) is 13.2 Å². The van der Waals surface area contributed by atoms with Crippen LogP contribution < -0.4 is 0 Å². The fourth-order valence-corrected chi connectivity index (χ4v) is 6.81. The highest BCUT2D eigenvalue weighted by molar-refractivity contribution is 7.46. The Kier molecular flexibility index (Phi) is 41.6. The number of phosphoric acid groups is 1. The highest BCUT2D eigenvalue weighted by Gasteiger charge is 2.22. The fraction of sp³-hybridized carbons (Fsp3) is 0.750. The smallest absolute Gasteiger partial charge is 0.462 e. The van der Waals surface area contributed by atoms with Gasteiger partial charge in [-0.05, 0) is 38.5 Å². The lowest BCUT2D eigenvalue weighted by Gasteiger charge is -2.18. The van der Waals surface area contributed by atoms with Crippen molar-refractivity contribution in [2.24, 2.45) is 0 Å². The van der Waals surface area contributed by atoms with Gasteiger partial charge in [0.1, 0.15) is 6.61 Å². The molecule has 1 unspecified atom stereocenters. The number of hydrogen-bond acceptors (Lipinski definition) is 6. The molecule has 0 aliphatic carbocycles. The number of unbranched alkanes of at least 4 members (excludes halogenated alkanes) is 23. The first kappa shape index (κ1) is 54.8. The molecule has 0 heterocycles. The maximum atomic E-state index is 12.3. The molecule has 57 heavy (non-hydrogen) atoms. The van der Waals surface area contributed by atoms with E-state index in [0.717, 1.165) is 38.5 Å². The lowest BCUT2D eigenvalue weighted by atomic mass is 10.0. The molecule has 0 amide bonds. The van der Waals surface area contributed by atoms with E-state index >= 15 is 0 Å². The first-order chi connectivity index (χ1) is 27.8. The highest BCUT2D eigenvalue weighted by Crippen LogP contribution is 2.36. The number of ether oxygens (including phenoxy) is 2. The van der Waals surface area contributed by atoms with Crippen LogP contribution in [-0.4, -0.2) is 41.0 Å². The van der Waals surface area contributed by atoms with Gasteiger partial charge in [0, 0.05) is 6.42 Å². The third kappa shape index (κ3) is 46.3. The number of carbonyl (C=O) groups is 2. The minimum Gasteiger partial charge on any atom is -0.462 e. The Balaban J connectivity index is 3.88. The summed E-state index contributed by atoms with van der Waals surface area (Å²) >= 11 is 0. The molecule has 0 aromatic carbocycles. The van der Waals surface area contributed by atoms with E-state index < -0.39 is 32.5 Å². The molecule has 0 spiro atoms. The van der Waals surface area contributed by atoms with Gasteiger partial charge in [0.25, 0.3) is 0 Å². The average molecular weight is 821 g/mol. The largest absolute Gasteiger partial charge is 0.469 e. The van der Waals surface area contributed by atoms with Gasteiger partial charge < -0.3 is 19.3 Å². The summed E-state index contributed by atoms with van der Waals surface area (Å²) in [7, 11) is -4.78. The van der Waals surface area contributed by atoms with Crippen molar-refractivity contribution in [2.45, 2.75) is 219 Å². The molecule has 0 radical (unpaired) electrons. The molecule has 0 aliphatic rings. The summed E-state index contributed by atoms with van der Waals surface area (Å²) in [6.45, 7) is 3.51. The first-order valence-corrected chi connectivity index (χ1v) is 24.6. The van der Waals surface area contributed by atoms with Crippen molar-refractivity contribution in [3.8, 4) is 0 Å². The van der Waals surface area contributed by atoms with E-state index in [-0.39, 0.29) is 19.4 Å². The number of esters is 2. The number of allylic oxidation sites excluding steroid dienone is 9. The van der Waals surface area contributed by atoms with Crippen molar-refractivity contribution in [3.05, 3.63) is 60.8 Å². The van der Waals surface area contributed by atoms with Crippen LogP contribution in [0.5, 0.6) is 0 Å². The molecule has 9 heteroatoms. The summed E-state index contributed by atoms with van der Waals surface area (Å²) in [4.78, 5) is 42.8. The van der Waals surface area contributed by atoms with E-state index in [9.17, 15) is 14.2 Å². The van der Waals surface area contributed by atoms with Crippen LogP contribution in [0, 0.1) is 0 Å². The maximum absolute atomic E-state index is 12.3. The van der Waals surface area contributed by atoms with E-state index in [0.29, 0.717) is 12.8 Å². The topological polar surface area (TPSA) is 119 Å². The Bertz CT molecular complexity index is 1110. The summed E-state index contributed by atoms with van der Waals surface area (Å²) in [5.41, 5.74) is 0. The molecule has 0 fully saturated rings. The molecule has 2 N–H and O–H groups in total. The van der Waals surface area contributed by atoms with Crippen LogP contribution >= 0.6 is 7.82 Å². The molecule has 0 aliphatic heterocycles. The van der Waals surface area contributed by atoms with Crippen LogP contribution in [0.3, 0.4) is 0 Å². The predicted octanol–water partition coefficient (Wildman–Crippen LogP) is 14.5. The number of rotatable bonds is 42. The zero-order valence-electron chi connectivity index (χ0n) is 36.5. The van der Waals surface area contributed by atoms with E-state index in [1.54, 1.807) is 6.08 Å². The Morgan fingerprint density at radius 1 is 0.474 bits per heavy atom. The Morgan fingerprint density at radius 2 is 0.825 bits per heavy atom. The van der Waals surface area contributed by atoms with E-state index in [1.807, 2.05) is 12.2 Å². The van der Waals surface area contributed by atoms with Crippen LogP contribution in [0.2, 0.25) is 0 Å². The Hall–Kier alpha value is -2.25. The second-order valence-electron chi connectivity index (χ2n) is 15.4. The van der Waals surface area contributed by atoms with Crippen LogP contribution in [0.15, 0.2) is 60.8 Å². The minimum absolute atomic E-state index is 0.0204. The molecule has 1 atom stereocenters. The molecule has 0 saturated carbocycles. The number of phosphoric ester groups is 1. The lowest BCUT2D eigenvalue weighted by Crippen LogP contribution is -2.29. The Morgan fingerprint density at radius 3 is 1.19 bits per heavy atom. The van der Waals surface area contributed by atoms with Gasteiger partial charge in [-0.15, -0.1) is 0 Å². The third-order valence-corrected chi connectivity index (χ3v) is 10.3. The molecule has 0 aromatic heterocycles.